The number of benzene rings is 1. The summed E-state index contributed by atoms with van der Waals surface area (Å²) in [6.45, 7) is 3.90. The van der Waals surface area contributed by atoms with Crippen LogP contribution in [0.15, 0.2) is 18.2 Å². The Hall–Kier alpha value is -1.81. The molecule has 0 fully saturated rings. The van der Waals surface area contributed by atoms with E-state index in [2.05, 4.69) is 10.2 Å². The average molecular weight is 279 g/mol. The number of nitrogens with zero attached hydrogens (tertiary/aromatic N) is 2. The largest absolute Gasteiger partial charge is 0.493 e. The first-order valence-corrected chi connectivity index (χ1v) is 6.18. The lowest BCUT2D eigenvalue weighted by molar-refractivity contribution is 0.355. The second kappa shape index (κ2) is 5.45. The van der Waals surface area contributed by atoms with Gasteiger partial charge in [-0.25, -0.2) is 0 Å². The number of halogens is 1. The number of rotatable bonds is 3. The molecule has 100 valence electrons. The lowest BCUT2D eigenvalue weighted by Crippen LogP contribution is -1.97. The zero-order valence-electron chi connectivity index (χ0n) is 11.3. The van der Waals surface area contributed by atoms with E-state index in [1.54, 1.807) is 14.2 Å². The van der Waals surface area contributed by atoms with Gasteiger partial charge < -0.3 is 9.47 Å². The summed E-state index contributed by atoms with van der Waals surface area (Å²) >= 11 is 5.96. The molecule has 1 aromatic carbocycles. The Bertz CT molecular complexity index is 615. The monoisotopic (exact) mass is 278 g/mol. The van der Waals surface area contributed by atoms with Crippen molar-refractivity contribution >= 4 is 11.6 Å². The maximum atomic E-state index is 5.96. The molecular weight excluding hydrogens is 264 g/mol. The van der Waals surface area contributed by atoms with Crippen LogP contribution in [0.5, 0.6) is 11.5 Å². The second-order valence-electron chi connectivity index (χ2n) is 4.16. The van der Waals surface area contributed by atoms with E-state index >= 15 is 0 Å². The molecule has 5 heteroatoms. The zero-order chi connectivity index (χ0) is 14.0. The molecule has 0 aliphatic rings. The number of ether oxygens (including phenoxy) is 2. The molecule has 0 unspecified atom stereocenters. The first kappa shape index (κ1) is 13.6. The summed E-state index contributed by atoms with van der Waals surface area (Å²) in [5.41, 5.74) is 3.65. The lowest BCUT2D eigenvalue weighted by Gasteiger charge is -2.11. The fourth-order valence-corrected chi connectivity index (χ4v) is 2.01. The van der Waals surface area contributed by atoms with Gasteiger partial charge in [0, 0.05) is 5.56 Å². The minimum absolute atomic E-state index is 0.432. The van der Waals surface area contributed by atoms with Gasteiger partial charge in [-0.15, -0.1) is 10.2 Å². The Morgan fingerprint density at radius 3 is 2.26 bits per heavy atom. The topological polar surface area (TPSA) is 44.2 Å². The van der Waals surface area contributed by atoms with Crippen molar-refractivity contribution in [3.8, 4) is 22.8 Å². The number of hydrogen-bond acceptors (Lipinski definition) is 4. The van der Waals surface area contributed by atoms with Crippen LogP contribution in [0.4, 0.5) is 0 Å². The third kappa shape index (κ3) is 2.49. The number of hydrogen-bond donors (Lipinski definition) is 0. The zero-order valence-corrected chi connectivity index (χ0v) is 12.1. The van der Waals surface area contributed by atoms with Gasteiger partial charge in [-0.3, -0.25) is 0 Å². The van der Waals surface area contributed by atoms with E-state index in [0.29, 0.717) is 16.7 Å². The summed E-state index contributed by atoms with van der Waals surface area (Å²) in [5, 5.41) is 8.55. The first-order valence-electron chi connectivity index (χ1n) is 5.80. The predicted octanol–water partition coefficient (Wildman–Crippen LogP) is 3.43. The van der Waals surface area contributed by atoms with Gasteiger partial charge in [-0.1, -0.05) is 11.6 Å². The van der Waals surface area contributed by atoms with E-state index in [1.165, 1.54) is 0 Å². The Morgan fingerprint density at radius 1 is 0.947 bits per heavy atom. The van der Waals surface area contributed by atoms with Crippen LogP contribution in [-0.2, 0) is 0 Å². The van der Waals surface area contributed by atoms with E-state index < -0.39 is 0 Å². The minimum atomic E-state index is 0.432. The molecule has 0 aliphatic heterocycles. The highest BCUT2D eigenvalue weighted by Gasteiger charge is 2.12. The first-order chi connectivity index (χ1) is 9.08. The fraction of sp³-hybridized carbons (Fsp3) is 0.286. The molecule has 0 bridgehead atoms. The second-order valence-corrected chi connectivity index (χ2v) is 4.52. The third-order valence-electron chi connectivity index (χ3n) is 3.12. The van der Waals surface area contributed by atoms with Crippen LogP contribution in [-0.4, -0.2) is 24.4 Å². The van der Waals surface area contributed by atoms with Crippen LogP contribution in [0.1, 0.15) is 11.1 Å². The van der Waals surface area contributed by atoms with Gasteiger partial charge in [-0.05, 0) is 43.2 Å². The van der Waals surface area contributed by atoms with Crippen molar-refractivity contribution < 1.29 is 9.47 Å². The van der Waals surface area contributed by atoms with Gasteiger partial charge in [0.2, 0.25) is 0 Å². The van der Waals surface area contributed by atoms with Gasteiger partial charge in [0.1, 0.15) is 0 Å². The third-order valence-corrected chi connectivity index (χ3v) is 3.48. The average Bonchev–Trinajstić information content (AvgIpc) is 2.44. The summed E-state index contributed by atoms with van der Waals surface area (Å²) in [5.74, 6) is 1.34. The minimum Gasteiger partial charge on any atom is -0.493 e. The van der Waals surface area contributed by atoms with Crippen LogP contribution in [0, 0.1) is 13.8 Å². The van der Waals surface area contributed by atoms with Crippen LogP contribution < -0.4 is 9.47 Å². The maximum absolute atomic E-state index is 5.96. The molecule has 0 amide bonds. The van der Waals surface area contributed by atoms with E-state index in [1.807, 2.05) is 32.0 Å². The van der Waals surface area contributed by atoms with Crippen molar-refractivity contribution in [2.75, 3.05) is 14.2 Å². The quantitative estimate of drug-likeness (QED) is 0.863. The Kier molecular flexibility index (Phi) is 3.90. The predicted molar refractivity (Wildman–Crippen MR) is 75.1 cm³/mol. The van der Waals surface area contributed by atoms with Crippen molar-refractivity contribution in [1.82, 2.24) is 10.2 Å². The fourth-order valence-electron chi connectivity index (χ4n) is 1.83. The lowest BCUT2D eigenvalue weighted by atomic mass is 10.0. The van der Waals surface area contributed by atoms with Gasteiger partial charge in [0.05, 0.1) is 19.9 Å². The van der Waals surface area contributed by atoms with Crippen molar-refractivity contribution in [2.45, 2.75) is 13.8 Å². The molecule has 0 N–H and O–H groups in total. The molecule has 0 aliphatic carbocycles. The highest BCUT2D eigenvalue weighted by atomic mass is 35.5. The van der Waals surface area contributed by atoms with Crippen LogP contribution in [0.3, 0.4) is 0 Å². The molecule has 4 nitrogen and oxygen atoms in total. The van der Waals surface area contributed by atoms with Gasteiger partial charge >= 0.3 is 0 Å². The van der Waals surface area contributed by atoms with E-state index in [4.69, 9.17) is 21.1 Å². The normalized spacial score (nSPS) is 10.4. The molecule has 0 radical (unpaired) electrons. The summed E-state index contributed by atoms with van der Waals surface area (Å²) in [6, 6.07) is 5.65. The molecule has 2 rings (SSSR count). The Morgan fingerprint density at radius 2 is 1.63 bits per heavy atom. The molecule has 1 heterocycles. The highest BCUT2D eigenvalue weighted by Crippen LogP contribution is 2.33. The molecule has 0 atom stereocenters. The smallest absolute Gasteiger partial charge is 0.161 e. The van der Waals surface area contributed by atoms with E-state index in [9.17, 15) is 0 Å². The van der Waals surface area contributed by atoms with E-state index in [0.717, 1.165) is 22.4 Å². The van der Waals surface area contributed by atoms with Crippen molar-refractivity contribution in [2.24, 2.45) is 0 Å². The van der Waals surface area contributed by atoms with Gasteiger partial charge in [0.15, 0.2) is 16.7 Å². The molecule has 0 saturated carbocycles. The van der Waals surface area contributed by atoms with Gasteiger partial charge in [0.25, 0.3) is 0 Å². The molecule has 0 saturated heterocycles. The van der Waals surface area contributed by atoms with Crippen molar-refractivity contribution in [1.29, 1.82) is 0 Å². The van der Waals surface area contributed by atoms with E-state index in [-0.39, 0.29) is 0 Å². The van der Waals surface area contributed by atoms with Crippen molar-refractivity contribution in [3.05, 3.63) is 34.5 Å². The standard InChI is InChI=1S/C14H15ClN2O2/c1-8-9(2)14(15)17-16-13(8)10-5-6-11(18-3)12(7-10)19-4/h5-7H,1-4H3. The molecule has 1 aromatic heterocycles. The maximum Gasteiger partial charge on any atom is 0.161 e. The highest BCUT2D eigenvalue weighted by molar-refractivity contribution is 6.30. The molecule has 19 heavy (non-hydrogen) atoms. The van der Waals surface area contributed by atoms with Crippen molar-refractivity contribution in [3.63, 3.8) is 0 Å². The summed E-state index contributed by atoms with van der Waals surface area (Å²) in [7, 11) is 3.21. The SMILES string of the molecule is COc1ccc(-c2nnc(Cl)c(C)c2C)cc1OC. The number of aromatic nitrogens is 2. The van der Waals surface area contributed by atoms with Crippen LogP contribution >= 0.6 is 11.6 Å². The number of methoxy groups -OCH3 is 2. The summed E-state index contributed by atoms with van der Waals surface area (Å²) < 4.78 is 10.5. The Labute approximate surface area is 117 Å². The molecule has 2 aromatic rings. The van der Waals surface area contributed by atoms with Crippen LogP contribution in [0.25, 0.3) is 11.3 Å². The molecule has 0 spiro atoms. The van der Waals surface area contributed by atoms with Gasteiger partial charge in [-0.2, -0.15) is 0 Å². The van der Waals surface area contributed by atoms with Crippen LogP contribution in [0.2, 0.25) is 5.15 Å². The molecular formula is C14H15ClN2O2. The summed E-state index contributed by atoms with van der Waals surface area (Å²) in [6.07, 6.45) is 0. The summed E-state index contributed by atoms with van der Waals surface area (Å²) in [4.78, 5) is 0. The Balaban J connectivity index is 2.56.